The molecule has 1 aromatic rings. The predicted octanol–water partition coefficient (Wildman–Crippen LogP) is 3.43. The average molecular weight is 292 g/mol. The number of hydrogen-bond donors (Lipinski definition) is 1. The van der Waals surface area contributed by atoms with Gasteiger partial charge >= 0.3 is 0 Å². The van der Waals surface area contributed by atoms with Crippen molar-refractivity contribution in [3.05, 3.63) is 35.4 Å². The summed E-state index contributed by atoms with van der Waals surface area (Å²) in [5.74, 6) is 0. The second kappa shape index (κ2) is 7.39. The zero-order valence-corrected chi connectivity index (χ0v) is 14.8. The molecule has 0 spiro atoms. The SMILES string of the molecule is CN(C)C(C)(C)COCc1cccc(CNC(C)(C)C)c1. The lowest BCUT2D eigenvalue weighted by molar-refractivity contribution is 0.0274. The molecule has 0 fully saturated rings. The van der Waals surface area contributed by atoms with Gasteiger partial charge in [0, 0.05) is 17.6 Å². The van der Waals surface area contributed by atoms with Crippen LogP contribution in [0.4, 0.5) is 0 Å². The topological polar surface area (TPSA) is 24.5 Å². The van der Waals surface area contributed by atoms with Gasteiger partial charge in [0.05, 0.1) is 13.2 Å². The number of ether oxygens (including phenoxy) is 1. The van der Waals surface area contributed by atoms with Crippen molar-refractivity contribution in [1.82, 2.24) is 10.2 Å². The molecule has 120 valence electrons. The molecule has 0 saturated heterocycles. The summed E-state index contributed by atoms with van der Waals surface area (Å²) in [6, 6.07) is 8.62. The first kappa shape index (κ1) is 18.1. The molecule has 0 atom stereocenters. The summed E-state index contributed by atoms with van der Waals surface area (Å²) < 4.78 is 5.88. The Morgan fingerprint density at radius 3 is 2.24 bits per heavy atom. The van der Waals surface area contributed by atoms with Crippen LogP contribution >= 0.6 is 0 Å². The van der Waals surface area contributed by atoms with E-state index in [1.807, 2.05) is 0 Å². The summed E-state index contributed by atoms with van der Waals surface area (Å²) in [6.07, 6.45) is 0. The minimum absolute atomic E-state index is 0.0609. The molecular formula is C18H32N2O. The Morgan fingerprint density at radius 2 is 1.67 bits per heavy atom. The van der Waals surface area contributed by atoms with Gasteiger partial charge in [-0.15, -0.1) is 0 Å². The lowest BCUT2D eigenvalue weighted by Crippen LogP contribution is -2.42. The van der Waals surface area contributed by atoms with Crippen LogP contribution in [0, 0.1) is 0 Å². The maximum Gasteiger partial charge on any atom is 0.0717 e. The van der Waals surface area contributed by atoms with Gasteiger partial charge in [0.15, 0.2) is 0 Å². The smallest absolute Gasteiger partial charge is 0.0717 e. The van der Waals surface area contributed by atoms with Crippen molar-refractivity contribution in [3.63, 3.8) is 0 Å². The molecule has 0 unspecified atom stereocenters. The molecule has 3 heteroatoms. The molecule has 0 heterocycles. The molecule has 1 aromatic carbocycles. The van der Waals surface area contributed by atoms with Gasteiger partial charge in [-0.25, -0.2) is 0 Å². The van der Waals surface area contributed by atoms with E-state index in [-0.39, 0.29) is 11.1 Å². The number of nitrogens with zero attached hydrogens (tertiary/aromatic N) is 1. The number of benzene rings is 1. The monoisotopic (exact) mass is 292 g/mol. The van der Waals surface area contributed by atoms with Gasteiger partial charge < -0.3 is 15.0 Å². The third kappa shape index (κ3) is 7.07. The molecule has 1 rings (SSSR count). The molecule has 0 aliphatic heterocycles. The molecule has 0 aliphatic carbocycles. The van der Waals surface area contributed by atoms with Crippen LogP contribution in [0.15, 0.2) is 24.3 Å². The first-order valence-electron chi connectivity index (χ1n) is 7.68. The van der Waals surface area contributed by atoms with Crippen molar-refractivity contribution >= 4 is 0 Å². The minimum atomic E-state index is 0.0609. The quantitative estimate of drug-likeness (QED) is 0.833. The second-order valence-corrected chi connectivity index (χ2v) is 7.62. The van der Waals surface area contributed by atoms with E-state index >= 15 is 0 Å². The molecule has 0 amide bonds. The zero-order chi connectivity index (χ0) is 16.1. The third-order valence-corrected chi connectivity index (χ3v) is 3.75. The summed E-state index contributed by atoms with van der Waals surface area (Å²) in [4.78, 5) is 2.19. The maximum atomic E-state index is 5.88. The van der Waals surface area contributed by atoms with E-state index < -0.39 is 0 Å². The summed E-state index contributed by atoms with van der Waals surface area (Å²) in [6.45, 7) is 13.2. The van der Waals surface area contributed by atoms with E-state index in [0.29, 0.717) is 6.61 Å². The van der Waals surface area contributed by atoms with Gasteiger partial charge in [0.25, 0.3) is 0 Å². The molecular weight excluding hydrogens is 260 g/mol. The highest BCUT2D eigenvalue weighted by Gasteiger charge is 2.20. The molecule has 0 radical (unpaired) electrons. The minimum Gasteiger partial charge on any atom is -0.375 e. The van der Waals surface area contributed by atoms with Crippen molar-refractivity contribution in [2.24, 2.45) is 0 Å². The number of likely N-dealkylation sites (N-methyl/N-ethyl adjacent to an activating group) is 1. The fourth-order valence-electron chi connectivity index (χ4n) is 1.74. The van der Waals surface area contributed by atoms with Crippen molar-refractivity contribution in [2.45, 2.75) is 58.8 Å². The molecule has 0 saturated carbocycles. The van der Waals surface area contributed by atoms with Gasteiger partial charge in [0.1, 0.15) is 0 Å². The molecule has 1 N–H and O–H groups in total. The molecule has 3 nitrogen and oxygen atoms in total. The largest absolute Gasteiger partial charge is 0.375 e. The maximum absolute atomic E-state index is 5.88. The Kier molecular flexibility index (Phi) is 6.39. The van der Waals surface area contributed by atoms with Crippen molar-refractivity contribution < 1.29 is 4.74 Å². The van der Waals surface area contributed by atoms with Crippen molar-refractivity contribution in [3.8, 4) is 0 Å². The van der Waals surface area contributed by atoms with Crippen LogP contribution in [-0.4, -0.2) is 36.7 Å². The Morgan fingerprint density at radius 1 is 1.05 bits per heavy atom. The molecule has 21 heavy (non-hydrogen) atoms. The Hall–Kier alpha value is -0.900. The molecule has 0 aliphatic rings. The highest BCUT2D eigenvalue weighted by Crippen LogP contribution is 2.13. The average Bonchev–Trinajstić information content (AvgIpc) is 2.36. The summed E-state index contributed by atoms with van der Waals surface area (Å²) in [5, 5.41) is 3.51. The number of nitrogens with one attached hydrogen (secondary N) is 1. The highest BCUT2D eigenvalue weighted by atomic mass is 16.5. The van der Waals surface area contributed by atoms with Gasteiger partial charge in [-0.3, -0.25) is 0 Å². The summed E-state index contributed by atoms with van der Waals surface area (Å²) in [7, 11) is 4.17. The van der Waals surface area contributed by atoms with Crippen LogP contribution in [0.1, 0.15) is 45.7 Å². The second-order valence-electron chi connectivity index (χ2n) is 7.62. The van der Waals surface area contributed by atoms with Gasteiger partial charge in [-0.2, -0.15) is 0 Å². The number of rotatable bonds is 7. The van der Waals surface area contributed by atoms with Crippen LogP contribution in [0.5, 0.6) is 0 Å². The highest BCUT2D eigenvalue weighted by molar-refractivity contribution is 5.23. The van der Waals surface area contributed by atoms with E-state index in [0.717, 1.165) is 13.2 Å². The van der Waals surface area contributed by atoms with Crippen molar-refractivity contribution in [2.75, 3.05) is 20.7 Å². The van der Waals surface area contributed by atoms with Gasteiger partial charge in [0.2, 0.25) is 0 Å². The third-order valence-electron chi connectivity index (χ3n) is 3.75. The van der Waals surface area contributed by atoms with Gasteiger partial charge in [-0.05, 0) is 59.8 Å². The van der Waals surface area contributed by atoms with Gasteiger partial charge in [-0.1, -0.05) is 24.3 Å². The molecule has 0 aromatic heterocycles. The first-order valence-corrected chi connectivity index (χ1v) is 7.68. The zero-order valence-electron chi connectivity index (χ0n) is 14.8. The lowest BCUT2D eigenvalue weighted by Gasteiger charge is -2.32. The van der Waals surface area contributed by atoms with Crippen molar-refractivity contribution in [1.29, 1.82) is 0 Å². The van der Waals surface area contributed by atoms with Crippen LogP contribution in [0.2, 0.25) is 0 Å². The van der Waals surface area contributed by atoms with E-state index in [2.05, 4.69) is 83.2 Å². The standard InChI is InChI=1S/C18H32N2O/c1-17(2,3)19-12-15-9-8-10-16(11-15)13-21-14-18(4,5)20(6)7/h8-11,19H,12-14H2,1-7H3. The van der Waals surface area contributed by atoms with Crippen LogP contribution in [-0.2, 0) is 17.9 Å². The van der Waals surface area contributed by atoms with E-state index in [9.17, 15) is 0 Å². The normalized spacial score (nSPS) is 13.0. The predicted molar refractivity (Wildman–Crippen MR) is 90.5 cm³/mol. The van der Waals surface area contributed by atoms with Crippen LogP contribution in [0.25, 0.3) is 0 Å². The Bertz CT molecular complexity index is 433. The van der Waals surface area contributed by atoms with E-state index in [4.69, 9.17) is 4.74 Å². The lowest BCUT2D eigenvalue weighted by atomic mass is 10.1. The summed E-state index contributed by atoms with van der Waals surface area (Å²) in [5.41, 5.74) is 2.74. The first-order chi connectivity index (χ1) is 9.60. The Balaban J connectivity index is 2.50. The summed E-state index contributed by atoms with van der Waals surface area (Å²) >= 11 is 0. The van der Waals surface area contributed by atoms with Crippen LogP contribution < -0.4 is 5.32 Å². The molecule has 0 bridgehead atoms. The number of hydrogen-bond acceptors (Lipinski definition) is 3. The van der Waals surface area contributed by atoms with Crippen LogP contribution in [0.3, 0.4) is 0 Å². The Labute approximate surface area is 130 Å². The van der Waals surface area contributed by atoms with E-state index in [1.54, 1.807) is 0 Å². The van der Waals surface area contributed by atoms with E-state index in [1.165, 1.54) is 11.1 Å². The fraction of sp³-hybridized carbons (Fsp3) is 0.667. The fourth-order valence-corrected chi connectivity index (χ4v) is 1.74.